The summed E-state index contributed by atoms with van der Waals surface area (Å²) in [5, 5.41) is 0.822. The van der Waals surface area contributed by atoms with E-state index >= 15 is 0 Å². The van der Waals surface area contributed by atoms with Gasteiger partial charge in [-0.3, -0.25) is 4.90 Å². The van der Waals surface area contributed by atoms with E-state index in [1.165, 1.54) is 5.56 Å². The molecule has 116 valence electrons. The summed E-state index contributed by atoms with van der Waals surface area (Å²) in [7, 11) is 0. The number of fused-ring (bicyclic) bond motifs is 1. The topological polar surface area (TPSA) is 42.2 Å². The molecule has 0 aliphatic carbocycles. The molecule has 2 aromatic heterocycles. The van der Waals surface area contributed by atoms with Gasteiger partial charge in [-0.15, -0.1) is 0 Å². The Bertz CT molecular complexity index is 817. The lowest BCUT2D eigenvalue weighted by Gasteiger charge is -2.28. The van der Waals surface area contributed by atoms with Gasteiger partial charge in [0.25, 0.3) is 0 Å². The van der Waals surface area contributed by atoms with E-state index in [2.05, 4.69) is 20.9 Å². The molecule has 3 aromatic rings. The fourth-order valence-electron chi connectivity index (χ4n) is 2.90. The number of hydrogen-bond acceptors (Lipinski definition) is 4. The molecule has 5 heteroatoms. The molecule has 0 unspecified atom stereocenters. The van der Waals surface area contributed by atoms with Gasteiger partial charge in [0.2, 0.25) is 0 Å². The number of hydrogen-bond donors (Lipinski definition) is 0. The van der Waals surface area contributed by atoms with Crippen molar-refractivity contribution in [3.63, 3.8) is 0 Å². The normalized spacial score (nSPS) is 14.7. The lowest BCUT2D eigenvalue weighted by Crippen LogP contribution is -2.31. The van der Waals surface area contributed by atoms with Gasteiger partial charge in [0.15, 0.2) is 11.6 Å². The molecule has 0 amide bonds. The van der Waals surface area contributed by atoms with Crippen molar-refractivity contribution in [3.05, 3.63) is 70.7 Å². The minimum Gasteiger partial charge on any atom is -0.461 e. The smallest absolute Gasteiger partial charge is 0.195 e. The van der Waals surface area contributed by atoms with Crippen LogP contribution >= 0.6 is 11.6 Å². The van der Waals surface area contributed by atoms with E-state index in [0.717, 1.165) is 42.3 Å². The number of rotatable bonds is 3. The Kier molecular flexibility index (Phi) is 3.85. The van der Waals surface area contributed by atoms with Crippen molar-refractivity contribution in [2.24, 2.45) is 0 Å². The van der Waals surface area contributed by atoms with Gasteiger partial charge >= 0.3 is 0 Å². The molecule has 4 rings (SSSR count). The van der Waals surface area contributed by atoms with E-state index in [-0.39, 0.29) is 0 Å². The summed E-state index contributed by atoms with van der Waals surface area (Å²) in [6, 6.07) is 11.7. The van der Waals surface area contributed by atoms with E-state index in [0.29, 0.717) is 11.6 Å². The van der Waals surface area contributed by atoms with Gasteiger partial charge in [0.05, 0.1) is 12.0 Å². The molecular formula is C18H16ClN3O. The van der Waals surface area contributed by atoms with Crippen LogP contribution in [0.4, 0.5) is 0 Å². The third-order valence-corrected chi connectivity index (χ3v) is 4.48. The minimum absolute atomic E-state index is 0.660. The quantitative estimate of drug-likeness (QED) is 0.731. The average molecular weight is 326 g/mol. The lowest BCUT2D eigenvalue weighted by atomic mass is 10.1. The second-order valence-electron chi connectivity index (χ2n) is 5.69. The van der Waals surface area contributed by atoms with Crippen molar-refractivity contribution in [1.29, 1.82) is 0 Å². The predicted octanol–water partition coefficient (Wildman–Crippen LogP) is 3.95. The standard InChI is InChI=1S/C18H16ClN3O/c19-15-5-2-1-4-13(15)11-22-8-7-16-14(12-22)10-20-18(21-16)17-6-3-9-23-17/h1-6,9-10H,7-8,11-12H2. The average Bonchev–Trinajstić information content (AvgIpc) is 3.11. The van der Waals surface area contributed by atoms with Crippen LogP contribution in [0.2, 0.25) is 5.02 Å². The Balaban J connectivity index is 1.53. The molecule has 23 heavy (non-hydrogen) atoms. The molecule has 4 nitrogen and oxygen atoms in total. The largest absolute Gasteiger partial charge is 0.461 e. The zero-order valence-corrected chi connectivity index (χ0v) is 13.3. The van der Waals surface area contributed by atoms with Gasteiger partial charge in [-0.2, -0.15) is 0 Å². The maximum atomic E-state index is 6.26. The molecule has 1 aromatic carbocycles. The second kappa shape index (κ2) is 6.14. The zero-order valence-electron chi connectivity index (χ0n) is 12.6. The van der Waals surface area contributed by atoms with Crippen molar-refractivity contribution in [1.82, 2.24) is 14.9 Å². The predicted molar refractivity (Wildman–Crippen MR) is 89.0 cm³/mol. The molecule has 0 spiro atoms. The Morgan fingerprint density at radius 1 is 1.17 bits per heavy atom. The van der Waals surface area contributed by atoms with Crippen molar-refractivity contribution in [2.75, 3.05) is 6.54 Å². The third kappa shape index (κ3) is 3.00. The van der Waals surface area contributed by atoms with E-state index in [1.54, 1.807) is 6.26 Å². The molecule has 0 bridgehead atoms. The van der Waals surface area contributed by atoms with E-state index in [1.807, 2.05) is 36.5 Å². The summed E-state index contributed by atoms with van der Waals surface area (Å²) in [4.78, 5) is 11.5. The summed E-state index contributed by atoms with van der Waals surface area (Å²) in [6.07, 6.45) is 4.47. The first-order valence-electron chi connectivity index (χ1n) is 7.64. The first kappa shape index (κ1) is 14.4. The highest BCUT2D eigenvalue weighted by atomic mass is 35.5. The maximum Gasteiger partial charge on any atom is 0.195 e. The molecule has 1 aliphatic heterocycles. The van der Waals surface area contributed by atoms with Gasteiger partial charge < -0.3 is 4.42 Å². The molecular weight excluding hydrogens is 310 g/mol. The first-order chi connectivity index (χ1) is 11.3. The van der Waals surface area contributed by atoms with Crippen LogP contribution in [-0.2, 0) is 19.5 Å². The third-order valence-electron chi connectivity index (χ3n) is 4.11. The molecule has 1 aliphatic rings. The van der Waals surface area contributed by atoms with E-state index in [9.17, 15) is 0 Å². The van der Waals surface area contributed by atoms with Crippen LogP contribution in [0.25, 0.3) is 11.6 Å². The van der Waals surface area contributed by atoms with Crippen molar-refractivity contribution < 1.29 is 4.42 Å². The summed E-state index contributed by atoms with van der Waals surface area (Å²) >= 11 is 6.26. The van der Waals surface area contributed by atoms with Gasteiger partial charge in [-0.25, -0.2) is 9.97 Å². The fourth-order valence-corrected chi connectivity index (χ4v) is 3.10. The molecule has 0 saturated carbocycles. The molecule has 0 radical (unpaired) electrons. The van der Waals surface area contributed by atoms with Crippen LogP contribution < -0.4 is 0 Å². The number of nitrogens with zero attached hydrogens (tertiary/aromatic N) is 3. The van der Waals surface area contributed by atoms with Gasteiger partial charge in [-0.05, 0) is 23.8 Å². The number of furan rings is 1. The van der Waals surface area contributed by atoms with Crippen LogP contribution in [-0.4, -0.2) is 21.4 Å². The summed E-state index contributed by atoms with van der Waals surface area (Å²) < 4.78 is 5.37. The van der Waals surface area contributed by atoms with Crippen LogP contribution in [0.3, 0.4) is 0 Å². The van der Waals surface area contributed by atoms with Crippen LogP contribution in [0.5, 0.6) is 0 Å². The fraction of sp³-hybridized carbons (Fsp3) is 0.222. The second-order valence-corrected chi connectivity index (χ2v) is 6.10. The Labute approximate surface area is 139 Å². The van der Waals surface area contributed by atoms with Gasteiger partial charge in [0.1, 0.15) is 0 Å². The number of halogens is 1. The molecule has 0 saturated heterocycles. The van der Waals surface area contributed by atoms with Gasteiger partial charge in [-0.1, -0.05) is 29.8 Å². The molecule has 0 N–H and O–H groups in total. The Hall–Kier alpha value is -2.17. The first-order valence-corrected chi connectivity index (χ1v) is 8.02. The number of benzene rings is 1. The summed E-state index contributed by atoms with van der Waals surface area (Å²) in [6.45, 7) is 2.66. The number of aromatic nitrogens is 2. The Morgan fingerprint density at radius 3 is 2.91 bits per heavy atom. The molecule has 3 heterocycles. The highest BCUT2D eigenvalue weighted by molar-refractivity contribution is 6.31. The monoisotopic (exact) mass is 325 g/mol. The van der Waals surface area contributed by atoms with E-state index < -0.39 is 0 Å². The Morgan fingerprint density at radius 2 is 2.09 bits per heavy atom. The van der Waals surface area contributed by atoms with E-state index in [4.69, 9.17) is 16.0 Å². The highest BCUT2D eigenvalue weighted by Crippen LogP contribution is 2.24. The van der Waals surface area contributed by atoms with Crippen LogP contribution in [0.1, 0.15) is 16.8 Å². The molecule has 0 atom stereocenters. The van der Waals surface area contributed by atoms with Crippen LogP contribution in [0, 0.1) is 0 Å². The minimum atomic E-state index is 0.660. The van der Waals surface area contributed by atoms with Crippen molar-refractivity contribution in [2.45, 2.75) is 19.5 Å². The van der Waals surface area contributed by atoms with Crippen molar-refractivity contribution in [3.8, 4) is 11.6 Å². The maximum absolute atomic E-state index is 6.26. The highest BCUT2D eigenvalue weighted by Gasteiger charge is 2.20. The SMILES string of the molecule is Clc1ccccc1CN1CCc2nc(-c3ccco3)ncc2C1. The lowest BCUT2D eigenvalue weighted by molar-refractivity contribution is 0.243. The van der Waals surface area contributed by atoms with Crippen LogP contribution in [0.15, 0.2) is 53.3 Å². The summed E-state index contributed by atoms with van der Waals surface area (Å²) in [5.41, 5.74) is 3.45. The summed E-state index contributed by atoms with van der Waals surface area (Å²) in [5.74, 6) is 1.37. The van der Waals surface area contributed by atoms with Gasteiger partial charge in [0, 0.05) is 42.8 Å². The zero-order chi connectivity index (χ0) is 15.6. The van der Waals surface area contributed by atoms with Crippen molar-refractivity contribution >= 4 is 11.6 Å². The molecule has 0 fully saturated rings.